The van der Waals surface area contributed by atoms with Crippen molar-refractivity contribution in [3.05, 3.63) is 29.3 Å². The molecule has 0 aromatic heterocycles. The van der Waals surface area contributed by atoms with Gasteiger partial charge in [0.2, 0.25) is 0 Å². The molecule has 1 aromatic carbocycles. The Kier molecular flexibility index (Phi) is 6.43. The van der Waals surface area contributed by atoms with Crippen LogP contribution in [0.15, 0.2) is 24.3 Å². The summed E-state index contributed by atoms with van der Waals surface area (Å²) >= 11 is 5.83. The maximum absolute atomic E-state index is 12.0. The third-order valence-electron chi connectivity index (χ3n) is 3.64. The number of hydrogen-bond donors (Lipinski definition) is 2. The van der Waals surface area contributed by atoms with Crippen LogP contribution in [0.25, 0.3) is 0 Å². The molecule has 2 rings (SSSR count). The van der Waals surface area contributed by atoms with Crippen molar-refractivity contribution in [2.45, 2.75) is 25.8 Å². The number of nitrogens with one attached hydrogen (secondary N) is 2. The minimum absolute atomic E-state index is 0.145. The molecule has 0 radical (unpaired) electrons. The molecule has 2 N–H and O–H groups in total. The van der Waals surface area contributed by atoms with E-state index in [0.29, 0.717) is 43.2 Å². The molecule has 0 saturated carbocycles. The first-order valence-corrected chi connectivity index (χ1v) is 8.16. The molecule has 7 nitrogen and oxygen atoms in total. The molecule has 1 aromatic rings. The lowest BCUT2D eigenvalue weighted by atomic mass is 10.1. The summed E-state index contributed by atoms with van der Waals surface area (Å²) in [5.41, 5.74) is 0.458. The van der Waals surface area contributed by atoms with E-state index >= 15 is 0 Å². The molecule has 8 heteroatoms. The van der Waals surface area contributed by atoms with Gasteiger partial charge in [-0.3, -0.25) is 9.59 Å². The van der Waals surface area contributed by atoms with Crippen LogP contribution in [0.1, 0.15) is 19.8 Å². The van der Waals surface area contributed by atoms with Crippen LogP contribution in [-0.2, 0) is 14.3 Å². The molecule has 1 aliphatic rings. The highest BCUT2D eigenvalue weighted by atomic mass is 35.5. The van der Waals surface area contributed by atoms with Gasteiger partial charge in [0, 0.05) is 29.8 Å². The number of piperidine rings is 1. The Labute approximate surface area is 145 Å². The summed E-state index contributed by atoms with van der Waals surface area (Å²) in [5.74, 6) is -1.45. The third-order valence-corrected chi connectivity index (χ3v) is 3.88. The Balaban J connectivity index is 1.78. The number of nitrogens with zero attached hydrogens (tertiary/aromatic N) is 1. The first-order valence-electron chi connectivity index (χ1n) is 7.78. The summed E-state index contributed by atoms with van der Waals surface area (Å²) in [6.07, 6.45) is 0.810. The van der Waals surface area contributed by atoms with Crippen molar-refractivity contribution in [1.82, 2.24) is 10.2 Å². The quantitative estimate of drug-likeness (QED) is 0.814. The number of halogens is 1. The van der Waals surface area contributed by atoms with Gasteiger partial charge in [-0.05, 0) is 38.0 Å². The van der Waals surface area contributed by atoms with Crippen LogP contribution in [-0.4, -0.2) is 48.5 Å². The largest absolute Gasteiger partial charge is 0.450 e. The van der Waals surface area contributed by atoms with Gasteiger partial charge in [-0.1, -0.05) is 17.7 Å². The van der Waals surface area contributed by atoms with Crippen molar-refractivity contribution in [2.24, 2.45) is 0 Å². The molecular formula is C16H20ClN3O4. The average molecular weight is 354 g/mol. The van der Waals surface area contributed by atoms with Gasteiger partial charge in [0.25, 0.3) is 0 Å². The van der Waals surface area contributed by atoms with Gasteiger partial charge in [0.1, 0.15) is 0 Å². The Morgan fingerprint density at radius 2 is 1.96 bits per heavy atom. The molecule has 0 aliphatic carbocycles. The maximum Gasteiger partial charge on any atom is 0.409 e. The highest BCUT2D eigenvalue weighted by molar-refractivity contribution is 6.40. The van der Waals surface area contributed by atoms with Crippen LogP contribution in [0.3, 0.4) is 0 Å². The van der Waals surface area contributed by atoms with Crippen LogP contribution in [0.2, 0.25) is 5.02 Å². The SMILES string of the molecule is CCOC(=O)N1CCC(NC(=O)C(=O)Nc2cccc(Cl)c2)CC1. The normalized spacial score (nSPS) is 14.8. The Bertz CT molecular complexity index is 615. The number of amides is 3. The minimum atomic E-state index is -0.745. The molecule has 0 spiro atoms. The molecule has 3 amide bonds. The highest BCUT2D eigenvalue weighted by Crippen LogP contribution is 2.15. The lowest BCUT2D eigenvalue weighted by molar-refractivity contribution is -0.136. The second-order valence-electron chi connectivity index (χ2n) is 5.40. The summed E-state index contributed by atoms with van der Waals surface area (Å²) in [6.45, 7) is 3.06. The van der Waals surface area contributed by atoms with Crippen molar-refractivity contribution in [3.63, 3.8) is 0 Å². The first kappa shape index (κ1) is 18.1. The number of carbonyl (C=O) groups excluding carboxylic acids is 3. The molecule has 1 fully saturated rings. The maximum atomic E-state index is 12.0. The predicted molar refractivity (Wildman–Crippen MR) is 89.8 cm³/mol. The van der Waals surface area contributed by atoms with E-state index in [1.165, 1.54) is 0 Å². The van der Waals surface area contributed by atoms with Crippen molar-refractivity contribution in [3.8, 4) is 0 Å². The lowest BCUT2D eigenvalue weighted by Gasteiger charge is -2.31. The zero-order valence-electron chi connectivity index (χ0n) is 13.4. The van der Waals surface area contributed by atoms with Gasteiger partial charge in [-0.15, -0.1) is 0 Å². The number of rotatable bonds is 3. The summed E-state index contributed by atoms with van der Waals surface area (Å²) in [4.78, 5) is 37.1. The second-order valence-corrected chi connectivity index (χ2v) is 5.83. The monoisotopic (exact) mass is 353 g/mol. The van der Waals surface area contributed by atoms with Crippen LogP contribution >= 0.6 is 11.6 Å². The van der Waals surface area contributed by atoms with Gasteiger partial charge in [-0.25, -0.2) is 4.79 Å². The second kappa shape index (κ2) is 8.54. The smallest absolute Gasteiger partial charge is 0.409 e. The number of anilines is 1. The van der Waals surface area contributed by atoms with Crippen molar-refractivity contribution in [1.29, 1.82) is 0 Å². The van der Waals surface area contributed by atoms with E-state index in [1.807, 2.05) is 0 Å². The Morgan fingerprint density at radius 1 is 1.25 bits per heavy atom. The number of carbonyl (C=O) groups is 3. The summed E-state index contributed by atoms with van der Waals surface area (Å²) < 4.78 is 4.94. The molecule has 1 saturated heterocycles. The van der Waals surface area contributed by atoms with Crippen LogP contribution < -0.4 is 10.6 Å². The van der Waals surface area contributed by atoms with E-state index in [1.54, 1.807) is 36.1 Å². The Morgan fingerprint density at radius 3 is 2.58 bits per heavy atom. The number of ether oxygens (including phenoxy) is 1. The van der Waals surface area contributed by atoms with Crippen molar-refractivity contribution in [2.75, 3.05) is 25.0 Å². The van der Waals surface area contributed by atoms with E-state index in [9.17, 15) is 14.4 Å². The van der Waals surface area contributed by atoms with Gasteiger partial charge in [-0.2, -0.15) is 0 Å². The molecule has 130 valence electrons. The number of hydrogen-bond acceptors (Lipinski definition) is 4. The molecule has 0 unspecified atom stereocenters. The Hall–Kier alpha value is -2.28. The van der Waals surface area contributed by atoms with Crippen LogP contribution in [0.4, 0.5) is 10.5 Å². The zero-order valence-corrected chi connectivity index (χ0v) is 14.1. The van der Waals surface area contributed by atoms with E-state index in [0.717, 1.165) is 0 Å². The van der Waals surface area contributed by atoms with Crippen LogP contribution in [0.5, 0.6) is 0 Å². The molecule has 24 heavy (non-hydrogen) atoms. The third kappa shape index (κ3) is 5.13. The summed E-state index contributed by atoms with van der Waals surface area (Å²) in [7, 11) is 0. The van der Waals surface area contributed by atoms with Gasteiger partial charge in [0.05, 0.1) is 6.61 Å². The summed E-state index contributed by atoms with van der Waals surface area (Å²) in [5, 5.41) is 5.65. The van der Waals surface area contributed by atoms with E-state index in [4.69, 9.17) is 16.3 Å². The van der Waals surface area contributed by atoms with Gasteiger partial charge < -0.3 is 20.3 Å². The molecule has 0 bridgehead atoms. The average Bonchev–Trinajstić information content (AvgIpc) is 2.55. The lowest BCUT2D eigenvalue weighted by Crippen LogP contribution is -2.49. The minimum Gasteiger partial charge on any atom is -0.450 e. The van der Waals surface area contributed by atoms with Gasteiger partial charge in [0.15, 0.2) is 0 Å². The van der Waals surface area contributed by atoms with Crippen LogP contribution in [0, 0.1) is 0 Å². The van der Waals surface area contributed by atoms with E-state index in [2.05, 4.69) is 10.6 Å². The standard InChI is InChI=1S/C16H20ClN3O4/c1-2-24-16(23)20-8-6-12(7-9-20)18-14(21)15(22)19-13-5-3-4-11(17)10-13/h3-5,10,12H,2,6-9H2,1H3,(H,18,21)(H,19,22). The van der Waals surface area contributed by atoms with Gasteiger partial charge >= 0.3 is 17.9 Å². The molecule has 1 aliphatic heterocycles. The fraction of sp³-hybridized carbons (Fsp3) is 0.438. The fourth-order valence-electron chi connectivity index (χ4n) is 2.43. The van der Waals surface area contributed by atoms with E-state index in [-0.39, 0.29) is 12.1 Å². The fourth-order valence-corrected chi connectivity index (χ4v) is 2.62. The first-order chi connectivity index (χ1) is 11.5. The van der Waals surface area contributed by atoms with Crippen molar-refractivity contribution < 1.29 is 19.1 Å². The number of likely N-dealkylation sites (tertiary alicyclic amines) is 1. The summed E-state index contributed by atoms with van der Waals surface area (Å²) in [6, 6.07) is 6.42. The molecular weight excluding hydrogens is 334 g/mol. The highest BCUT2D eigenvalue weighted by Gasteiger charge is 2.26. The zero-order chi connectivity index (χ0) is 17.5. The predicted octanol–water partition coefficient (Wildman–Crippen LogP) is 2.02. The van der Waals surface area contributed by atoms with E-state index < -0.39 is 11.8 Å². The molecule has 0 atom stereocenters. The topological polar surface area (TPSA) is 87.7 Å². The number of benzene rings is 1. The van der Waals surface area contributed by atoms with Crippen molar-refractivity contribution >= 4 is 35.2 Å². The molecule has 1 heterocycles.